The summed E-state index contributed by atoms with van der Waals surface area (Å²) in [7, 11) is 0. The molecule has 2 atom stereocenters. The van der Waals surface area contributed by atoms with Crippen molar-refractivity contribution < 1.29 is 8.78 Å². The third-order valence-corrected chi connectivity index (χ3v) is 7.12. The Kier molecular flexibility index (Phi) is 7.84. The average molecular weight is 425 g/mol. The van der Waals surface area contributed by atoms with E-state index < -0.39 is 17.0 Å². The molecule has 1 aliphatic rings. The van der Waals surface area contributed by atoms with Crippen LogP contribution in [-0.2, 0) is 12.0 Å². The zero-order valence-electron chi connectivity index (χ0n) is 19.0. The lowest BCUT2D eigenvalue weighted by Crippen LogP contribution is -2.43. The molecule has 31 heavy (non-hydrogen) atoms. The summed E-state index contributed by atoms with van der Waals surface area (Å²) in [5.41, 5.74) is 1.16. The van der Waals surface area contributed by atoms with Crippen molar-refractivity contribution >= 4 is 0 Å². The van der Waals surface area contributed by atoms with Gasteiger partial charge in [0.1, 0.15) is 0 Å². The Morgan fingerprint density at radius 3 is 2.32 bits per heavy atom. The number of nitriles is 1. The standard InChI is InChI=1S/C27H34F2N2/c1-4-24(31(20(2)3)18-21-9-6-5-7-10-21)15-16-27(19-30,22-11-8-12-22)23-13-14-25(28)26(29)17-23/h5-7,9-10,13-14,17,20,22,24H,4,8,11-12,15-16,18H2,1-3H3. The molecule has 0 spiro atoms. The predicted octanol–water partition coefficient (Wildman–Crippen LogP) is 7.00. The number of nitrogens with zero attached hydrogens (tertiary/aromatic N) is 2. The van der Waals surface area contributed by atoms with Gasteiger partial charge in [0.2, 0.25) is 0 Å². The van der Waals surface area contributed by atoms with Crippen LogP contribution < -0.4 is 0 Å². The molecule has 166 valence electrons. The van der Waals surface area contributed by atoms with Crippen LogP contribution in [0.15, 0.2) is 48.5 Å². The van der Waals surface area contributed by atoms with E-state index in [1.165, 1.54) is 17.7 Å². The van der Waals surface area contributed by atoms with Gasteiger partial charge < -0.3 is 0 Å². The lowest BCUT2D eigenvalue weighted by Gasteiger charge is -2.43. The molecule has 2 aromatic carbocycles. The van der Waals surface area contributed by atoms with Crippen LogP contribution in [-0.4, -0.2) is 17.0 Å². The summed E-state index contributed by atoms with van der Waals surface area (Å²) >= 11 is 0. The van der Waals surface area contributed by atoms with Gasteiger partial charge in [-0.15, -0.1) is 0 Å². The van der Waals surface area contributed by atoms with Crippen molar-refractivity contribution in [2.75, 3.05) is 0 Å². The maximum Gasteiger partial charge on any atom is 0.159 e. The van der Waals surface area contributed by atoms with E-state index in [0.29, 0.717) is 24.1 Å². The molecule has 0 heterocycles. The van der Waals surface area contributed by atoms with Gasteiger partial charge in [-0.1, -0.05) is 49.7 Å². The van der Waals surface area contributed by atoms with Gasteiger partial charge in [-0.3, -0.25) is 4.90 Å². The Labute approximate surface area is 185 Å². The summed E-state index contributed by atoms with van der Waals surface area (Å²) in [6.07, 6.45) is 5.54. The van der Waals surface area contributed by atoms with Crippen molar-refractivity contribution in [1.82, 2.24) is 4.90 Å². The number of benzene rings is 2. The molecule has 0 radical (unpaired) electrons. The molecule has 2 unspecified atom stereocenters. The SMILES string of the molecule is CCC(CCC(C#N)(c1ccc(F)c(F)c1)C1CCC1)N(Cc1ccccc1)C(C)C. The fourth-order valence-electron chi connectivity index (χ4n) is 5.00. The Morgan fingerprint density at radius 1 is 1.10 bits per heavy atom. The van der Waals surface area contributed by atoms with Gasteiger partial charge in [0.05, 0.1) is 11.5 Å². The molecule has 2 aromatic rings. The lowest BCUT2D eigenvalue weighted by atomic mass is 9.60. The highest BCUT2D eigenvalue weighted by Gasteiger charge is 2.44. The lowest BCUT2D eigenvalue weighted by molar-refractivity contribution is 0.114. The zero-order valence-corrected chi connectivity index (χ0v) is 19.0. The Bertz CT molecular complexity index is 886. The molecule has 1 saturated carbocycles. The van der Waals surface area contributed by atoms with Gasteiger partial charge in [-0.25, -0.2) is 8.78 Å². The molecule has 0 amide bonds. The number of hydrogen-bond donors (Lipinski definition) is 0. The van der Waals surface area contributed by atoms with Crippen LogP contribution >= 0.6 is 0 Å². The Balaban J connectivity index is 1.84. The van der Waals surface area contributed by atoms with E-state index in [2.05, 4.69) is 56.0 Å². The minimum atomic E-state index is -0.864. The van der Waals surface area contributed by atoms with Gasteiger partial charge in [-0.2, -0.15) is 5.26 Å². The first-order valence-electron chi connectivity index (χ1n) is 11.6. The molecule has 0 aliphatic heterocycles. The molecule has 0 aromatic heterocycles. The highest BCUT2D eigenvalue weighted by molar-refractivity contribution is 5.35. The first kappa shape index (κ1) is 23.4. The number of hydrogen-bond acceptors (Lipinski definition) is 2. The molecule has 1 fully saturated rings. The number of rotatable bonds is 10. The minimum absolute atomic E-state index is 0.210. The maximum absolute atomic E-state index is 14.1. The summed E-state index contributed by atoms with van der Waals surface area (Å²) in [5.74, 6) is -1.51. The second-order valence-corrected chi connectivity index (χ2v) is 9.19. The van der Waals surface area contributed by atoms with Crippen LogP contribution in [0.4, 0.5) is 8.78 Å². The monoisotopic (exact) mass is 424 g/mol. The van der Waals surface area contributed by atoms with E-state index in [1.807, 2.05) is 6.07 Å². The maximum atomic E-state index is 14.1. The summed E-state index contributed by atoms with van der Waals surface area (Å²) in [5, 5.41) is 10.3. The van der Waals surface area contributed by atoms with Crippen molar-refractivity contribution in [2.24, 2.45) is 5.92 Å². The molecule has 1 aliphatic carbocycles. The van der Waals surface area contributed by atoms with Crippen molar-refractivity contribution in [3.8, 4) is 6.07 Å². The predicted molar refractivity (Wildman–Crippen MR) is 121 cm³/mol. The molecule has 0 bridgehead atoms. The summed E-state index contributed by atoms with van der Waals surface area (Å²) < 4.78 is 27.7. The van der Waals surface area contributed by atoms with Crippen LogP contribution in [0, 0.1) is 28.9 Å². The van der Waals surface area contributed by atoms with Crippen LogP contribution in [0.1, 0.15) is 70.4 Å². The van der Waals surface area contributed by atoms with Crippen molar-refractivity contribution in [2.45, 2.75) is 83.3 Å². The van der Waals surface area contributed by atoms with Gasteiger partial charge in [-0.05, 0) is 75.1 Å². The third kappa shape index (κ3) is 5.15. The van der Waals surface area contributed by atoms with Gasteiger partial charge >= 0.3 is 0 Å². The van der Waals surface area contributed by atoms with Crippen molar-refractivity contribution in [3.63, 3.8) is 0 Å². The molecule has 2 nitrogen and oxygen atoms in total. The van der Waals surface area contributed by atoms with E-state index in [-0.39, 0.29) is 5.92 Å². The first-order chi connectivity index (χ1) is 14.9. The zero-order chi connectivity index (χ0) is 22.4. The van der Waals surface area contributed by atoms with E-state index in [4.69, 9.17) is 0 Å². The smallest absolute Gasteiger partial charge is 0.159 e. The fraction of sp³-hybridized carbons (Fsp3) is 0.519. The Morgan fingerprint density at radius 2 is 1.81 bits per heavy atom. The molecule has 4 heteroatoms. The number of halogens is 2. The van der Waals surface area contributed by atoms with E-state index in [9.17, 15) is 14.0 Å². The van der Waals surface area contributed by atoms with Crippen LogP contribution in [0.3, 0.4) is 0 Å². The van der Waals surface area contributed by atoms with E-state index in [0.717, 1.165) is 38.6 Å². The average Bonchev–Trinajstić information content (AvgIpc) is 2.73. The third-order valence-electron chi connectivity index (χ3n) is 7.12. The van der Waals surface area contributed by atoms with Crippen LogP contribution in [0.2, 0.25) is 0 Å². The first-order valence-corrected chi connectivity index (χ1v) is 11.6. The normalized spacial score (nSPS) is 17.2. The van der Waals surface area contributed by atoms with Crippen molar-refractivity contribution in [3.05, 3.63) is 71.3 Å². The van der Waals surface area contributed by atoms with Crippen LogP contribution in [0.25, 0.3) is 0 Å². The molecular formula is C27H34F2N2. The summed E-state index contributed by atoms with van der Waals surface area (Å²) in [6, 6.07) is 17.8. The molecule has 0 N–H and O–H groups in total. The van der Waals surface area contributed by atoms with Crippen molar-refractivity contribution in [1.29, 1.82) is 5.26 Å². The van der Waals surface area contributed by atoms with Gasteiger partial charge in [0.25, 0.3) is 0 Å². The second kappa shape index (κ2) is 10.4. The largest absolute Gasteiger partial charge is 0.294 e. The summed E-state index contributed by atoms with van der Waals surface area (Å²) in [4.78, 5) is 2.50. The Hall–Kier alpha value is -2.25. The molecular weight excluding hydrogens is 390 g/mol. The quantitative estimate of drug-likeness (QED) is 0.411. The van der Waals surface area contributed by atoms with Gasteiger partial charge in [0, 0.05) is 18.6 Å². The van der Waals surface area contributed by atoms with E-state index in [1.54, 1.807) is 6.07 Å². The highest BCUT2D eigenvalue weighted by Crippen LogP contribution is 2.47. The topological polar surface area (TPSA) is 27.0 Å². The highest BCUT2D eigenvalue weighted by atomic mass is 19.2. The second-order valence-electron chi connectivity index (χ2n) is 9.19. The van der Waals surface area contributed by atoms with Crippen LogP contribution in [0.5, 0.6) is 0 Å². The van der Waals surface area contributed by atoms with E-state index >= 15 is 0 Å². The summed E-state index contributed by atoms with van der Waals surface area (Å²) in [6.45, 7) is 7.49. The molecule has 0 saturated heterocycles. The van der Waals surface area contributed by atoms with Gasteiger partial charge in [0.15, 0.2) is 11.6 Å². The fourth-order valence-corrected chi connectivity index (χ4v) is 5.00. The molecule has 3 rings (SSSR count). The minimum Gasteiger partial charge on any atom is -0.294 e.